The number of benzene rings is 1. The van der Waals surface area contributed by atoms with Gasteiger partial charge in [0.15, 0.2) is 0 Å². The highest BCUT2D eigenvalue weighted by Gasteiger charge is 2.28. The van der Waals surface area contributed by atoms with E-state index in [1.165, 1.54) is 31.2 Å². The van der Waals surface area contributed by atoms with Gasteiger partial charge in [0, 0.05) is 12.6 Å². The minimum Gasteiger partial charge on any atom is -0.330 e. The molecule has 20 heavy (non-hydrogen) atoms. The van der Waals surface area contributed by atoms with Gasteiger partial charge in [0.05, 0.1) is 11.6 Å². The molecule has 1 aromatic rings. The molecule has 3 heteroatoms. The Morgan fingerprint density at radius 1 is 1.35 bits per heavy atom. The number of nitrogens with two attached hydrogens (primary N) is 1. The van der Waals surface area contributed by atoms with Crippen LogP contribution >= 0.6 is 0 Å². The maximum absolute atomic E-state index is 9.00. The minimum absolute atomic E-state index is 0.601. The third-order valence-corrected chi connectivity index (χ3v) is 4.49. The van der Waals surface area contributed by atoms with E-state index in [0.29, 0.717) is 12.0 Å². The smallest absolute Gasteiger partial charge is 0.0991 e. The van der Waals surface area contributed by atoms with E-state index >= 15 is 0 Å². The van der Waals surface area contributed by atoms with Gasteiger partial charge in [-0.1, -0.05) is 31.9 Å². The van der Waals surface area contributed by atoms with Gasteiger partial charge in [0.25, 0.3) is 0 Å². The first kappa shape index (κ1) is 15.0. The van der Waals surface area contributed by atoms with Crippen molar-refractivity contribution < 1.29 is 0 Å². The Morgan fingerprint density at radius 3 is 2.85 bits per heavy atom. The van der Waals surface area contributed by atoms with Crippen LogP contribution in [0.1, 0.15) is 43.7 Å². The molecule has 1 aromatic carbocycles. The minimum atomic E-state index is 0.601. The third kappa shape index (κ3) is 3.59. The lowest BCUT2D eigenvalue weighted by Crippen LogP contribution is -2.44. The second-order valence-corrected chi connectivity index (χ2v) is 5.72. The third-order valence-electron chi connectivity index (χ3n) is 4.49. The number of rotatable bonds is 5. The highest BCUT2D eigenvalue weighted by Crippen LogP contribution is 2.28. The summed E-state index contributed by atoms with van der Waals surface area (Å²) in [5, 5.41) is 9.00. The monoisotopic (exact) mass is 271 g/mol. The first-order chi connectivity index (χ1) is 9.78. The maximum Gasteiger partial charge on any atom is 0.0991 e. The number of hydrogen-bond donors (Lipinski definition) is 1. The molecule has 1 saturated carbocycles. The van der Waals surface area contributed by atoms with E-state index in [9.17, 15) is 0 Å². The molecule has 0 heterocycles. The van der Waals surface area contributed by atoms with Crippen LogP contribution in [0.4, 0.5) is 0 Å². The molecule has 2 unspecified atom stereocenters. The SMILES string of the molecule is CCN(Cc1cccc(C#N)c1)C1CCCCC1CN. The van der Waals surface area contributed by atoms with E-state index in [2.05, 4.69) is 24.0 Å². The van der Waals surface area contributed by atoms with Crippen LogP contribution in [-0.2, 0) is 6.54 Å². The fourth-order valence-electron chi connectivity index (χ4n) is 3.38. The standard InChI is InChI=1S/C17H25N3/c1-2-20(17-9-4-3-8-16(17)12-19)13-15-7-5-6-14(10-15)11-18/h5-7,10,16-17H,2-4,8-9,12-13,19H2,1H3. The van der Waals surface area contributed by atoms with Crippen molar-refractivity contribution in [3.63, 3.8) is 0 Å². The number of nitrogens with zero attached hydrogens (tertiary/aromatic N) is 2. The highest BCUT2D eigenvalue weighted by atomic mass is 15.2. The summed E-state index contributed by atoms with van der Waals surface area (Å²) < 4.78 is 0. The molecule has 0 aliphatic heterocycles. The quantitative estimate of drug-likeness (QED) is 0.896. The van der Waals surface area contributed by atoms with E-state index in [4.69, 9.17) is 11.0 Å². The topological polar surface area (TPSA) is 53.0 Å². The maximum atomic E-state index is 9.00. The molecule has 3 nitrogen and oxygen atoms in total. The van der Waals surface area contributed by atoms with E-state index in [-0.39, 0.29) is 0 Å². The van der Waals surface area contributed by atoms with Crippen molar-refractivity contribution in [1.29, 1.82) is 5.26 Å². The molecule has 0 spiro atoms. The predicted molar refractivity (Wildman–Crippen MR) is 82.0 cm³/mol. The Morgan fingerprint density at radius 2 is 2.15 bits per heavy atom. The molecule has 1 aliphatic rings. The summed E-state index contributed by atoms with van der Waals surface area (Å²) in [6, 6.07) is 10.8. The lowest BCUT2D eigenvalue weighted by molar-refractivity contribution is 0.105. The van der Waals surface area contributed by atoms with Crippen molar-refractivity contribution in [3.8, 4) is 6.07 Å². The van der Waals surface area contributed by atoms with Crippen molar-refractivity contribution in [1.82, 2.24) is 4.90 Å². The van der Waals surface area contributed by atoms with Gasteiger partial charge in [0.2, 0.25) is 0 Å². The van der Waals surface area contributed by atoms with E-state index in [0.717, 1.165) is 25.2 Å². The molecule has 2 N–H and O–H groups in total. The summed E-state index contributed by atoms with van der Waals surface area (Å²) in [6.07, 6.45) is 5.15. The van der Waals surface area contributed by atoms with Crippen LogP contribution in [0.15, 0.2) is 24.3 Å². The van der Waals surface area contributed by atoms with Crippen molar-refractivity contribution in [2.75, 3.05) is 13.1 Å². The first-order valence-corrected chi connectivity index (χ1v) is 7.71. The van der Waals surface area contributed by atoms with Crippen LogP contribution in [0.5, 0.6) is 0 Å². The molecule has 108 valence electrons. The second-order valence-electron chi connectivity index (χ2n) is 5.72. The Balaban J connectivity index is 2.09. The summed E-state index contributed by atoms with van der Waals surface area (Å²) in [5.74, 6) is 0.628. The molecular weight excluding hydrogens is 246 g/mol. The van der Waals surface area contributed by atoms with Crippen molar-refractivity contribution in [2.24, 2.45) is 11.7 Å². The van der Waals surface area contributed by atoms with E-state index < -0.39 is 0 Å². The van der Waals surface area contributed by atoms with Gasteiger partial charge in [-0.05, 0) is 49.5 Å². The Labute approximate surface area is 122 Å². The summed E-state index contributed by atoms with van der Waals surface area (Å²) >= 11 is 0. The molecule has 1 fully saturated rings. The van der Waals surface area contributed by atoms with Gasteiger partial charge in [0.1, 0.15) is 0 Å². The van der Waals surface area contributed by atoms with Gasteiger partial charge in [-0.3, -0.25) is 4.90 Å². The van der Waals surface area contributed by atoms with Crippen LogP contribution in [0.25, 0.3) is 0 Å². The fraction of sp³-hybridized carbons (Fsp3) is 0.588. The van der Waals surface area contributed by atoms with Crippen molar-refractivity contribution in [2.45, 2.75) is 45.2 Å². The molecule has 2 rings (SSSR count). The van der Waals surface area contributed by atoms with Gasteiger partial charge in [-0.15, -0.1) is 0 Å². The molecule has 0 aromatic heterocycles. The summed E-state index contributed by atoms with van der Waals surface area (Å²) in [7, 11) is 0. The van der Waals surface area contributed by atoms with Crippen molar-refractivity contribution in [3.05, 3.63) is 35.4 Å². The lowest BCUT2D eigenvalue weighted by Gasteiger charge is -2.39. The van der Waals surface area contributed by atoms with Crippen LogP contribution in [0, 0.1) is 17.2 Å². The summed E-state index contributed by atoms with van der Waals surface area (Å²) in [5.41, 5.74) is 7.93. The van der Waals surface area contributed by atoms with Gasteiger partial charge in [-0.2, -0.15) is 5.26 Å². The van der Waals surface area contributed by atoms with Crippen LogP contribution < -0.4 is 5.73 Å². The Kier molecular flexibility index (Phi) is 5.58. The number of hydrogen-bond acceptors (Lipinski definition) is 3. The zero-order chi connectivity index (χ0) is 14.4. The van der Waals surface area contributed by atoms with Gasteiger partial charge in [-0.25, -0.2) is 0 Å². The zero-order valence-electron chi connectivity index (χ0n) is 12.4. The lowest BCUT2D eigenvalue weighted by atomic mass is 9.83. The fourth-order valence-corrected chi connectivity index (χ4v) is 3.38. The molecule has 1 aliphatic carbocycles. The van der Waals surface area contributed by atoms with Gasteiger partial charge < -0.3 is 5.73 Å². The van der Waals surface area contributed by atoms with Crippen LogP contribution in [-0.4, -0.2) is 24.0 Å². The highest BCUT2D eigenvalue weighted by molar-refractivity contribution is 5.32. The van der Waals surface area contributed by atoms with Crippen molar-refractivity contribution >= 4 is 0 Å². The Bertz CT molecular complexity index is 464. The normalized spacial score (nSPS) is 22.7. The van der Waals surface area contributed by atoms with Crippen LogP contribution in [0.3, 0.4) is 0 Å². The first-order valence-electron chi connectivity index (χ1n) is 7.71. The predicted octanol–water partition coefficient (Wildman–Crippen LogP) is 2.90. The van der Waals surface area contributed by atoms with E-state index in [1.54, 1.807) is 0 Å². The molecular formula is C17H25N3. The number of nitriles is 1. The molecule has 0 amide bonds. The van der Waals surface area contributed by atoms with Crippen LogP contribution in [0.2, 0.25) is 0 Å². The summed E-state index contributed by atoms with van der Waals surface area (Å²) in [6.45, 7) is 4.97. The molecule has 0 radical (unpaired) electrons. The van der Waals surface area contributed by atoms with E-state index in [1.807, 2.05) is 18.2 Å². The second kappa shape index (κ2) is 7.42. The van der Waals surface area contributed by atoms with Gasteiger partial charge >= 0.3 is 0 Å². The average molecular weight is 271 g/mol. The average Bonchev–Trinajstić information content (AvgIpc) is 2.52. The molecule has 0 bridgehead atoms. The molecule has 0 saturated heterocycles. The summed E-state index contributed by atoms with van der Waals surface area (Å²) in [4.78, 5) is 2.53. The zero-order valence-corrected chi connectivity index (χ0v) is 12.4. The Hall–Kier alpha value is -1.37. The largest absolute Gasteiger partial charge is 0.330 e. The molecule has 2 atom stereocenters.